The minimum atomic E-state index is -0.241. The van der Waals surface area contributed by atoms with Gasteiger partial charge in [0, 0.05) is 23.0 Å². The molecule has 2 aliphatic rings. The Labute approximate surface area is 149 Å². The fourth-order valence-electron chi connectivity index (χ4n) is 3.36. The molecule has 2 saturated carbocycles. The highest BCUT2D eigenvalue weighted by Gasteiger charge is 2.48. The van der Waals surface area contributed by atoms with Crippen LogP contribution in [0.4, 0.5) is 4.39 Å². The van der Waals surface area contributed by atoms with Crippen molar-refractivity contribution in [1.29, 1.82) is 0 Å². The topological polar surface area (TPSA) is 20.3 Å². The molecule has 0 heterocycles. The Morgan fingerprint density at radius 3 is 2.58 bits per heavy atom. The van der Waals surface area contributed by atoms with E-state index in [0.717, 1.165) is 29.3 Å². The highest BCUT2D eigenvalue weighted by Crippen LogP contribution is 2.49. The maximum absolute atomic E-state index is 13.4. The lowest BCUT2D eigenvalue weighted by Gasteiger charge is -2.23. The van der Waals surface area contributed by atoms with Crippen molar-refractivity contribution < 1.29 is 9.18 Å². The predicted molar refractivity (Wildman–Crippen MR) is 95.0 cm³/mol. The van der Waals surface area contributed by atoms with Gasteiger partial charge in [0.1, 0.15) is 5.82 Å². The summed E-state index contributed by atoms with van der Waals surface area (Å²) in [6.07, 6.45) is 3.06. The highest BCUT2D eigenvalue weighted by atomic mass is 79.9. The van der Waals surface area contributed by atoms with Crippen molar-refractivity contribution >= 4 is 21.8 Å². The average Bonchev–Trinajstić information content (AvgIpc) is 3.46. The zero-order valence-corrected chi connectivity index (χ0v) is 14.9. The van der Waals surface area contributed by atoms with Gasteiger partial charge in [0.15, 0.2) is 0 Å². The van der Waals surface area contributed by atoms with Crippen LogP contribution >= 0.6 is 15.9 Å². The summed E-state index contributed by atoms with van der Waals surface area (Å²) in [6, 6.07) is 15.2. The van der Waals surface area contributed by atoms with Crippen LogP contribution in [0.5, 0.6) is 0 Å². The quantitative estimate of drug-likeness (QED) is 0.715. The first-order valence-electron chi connectivity index (χ1n) is 8.42. The molecule has 0 saturated heterocycles. The van der Waals surface area contributed by atoms with Crippen molar-refractivity contribution in [2.24, 2.45) is 5.92 Å². The van der Waals surface area contributed by atoms with E-state index in [1.807, 2.05) is 23.1 Å². The number of benzene rings is 2. The van der Waals surface area contributed by atoms with Gasteiger partial charge in [-0.3, -0.25) is 4.79 Å². The standard InChI is InChI=1S/C20H19BrFNO/c21-15-6-4-14(5-7-15)18-11-19(18)20(24)23(17-8-9-17)12-13-2-1-3-16(22)10-13/h1-7,10,17-19H,8-9,11-12H2. The van der Waals surface area contributed by atoms with Gasteiger partial charge in [0.2, 0.25) is 5.91 Å². The average molecular weight is 388 g/mol. The third-order valence-corrected chi connectivity index (χ3v) is 5.45. The predicted octanol–water partition coefficient (Wildman–Crippen LogP) is 4.88. The van der Waals surface area contributed by atoms with E-state index in [4.69, 9.17) is 0 Å². The van der Waals surface area contributed by atoms with Gasteiger partial charge in [-0.1, -0.05) is 40.2 Å². The highest BCUT2D eigenvalue weighted by molar-refractivity contribution is 9.10. The van der Waals surface area contributed by atoms with Gasteiger partial charge in [0.25, 0.3) is 0 Å². The second-order valence-corrected chi connectivity index (χ2v) is 7.74. The summed E-state index contributed by atoms with van der Waals surface area (Å²) in [5, 5.41) is 0. The van der Waals surface area contributed by atoms with Gasteiger partial charge in [-0.2, -0.15) is 0 Å². The Morgan fingerprint density at radius 2 is 1.92 bits per heavy atom. The summed E-state index contributed by atoms with van der Waals surface area (Å²) in [7, 11) is 0. The van der Waals surface area contributed by atoms with Gasteiger partial charge in [-0.25, -0.2) is 4.39 Å². The van der Waals surface area contributed by atoms with Crippen molar-refractivity contribution in [2.75, 3.05) is 0 Å². The number of amides is 1. The van der Waals surface area contributed by atoms with Crippen molar-refractivity contribution in [3.8, 4) is 0 Å². The van der Waals surface area contributed by atoms with Gasteiger partial charge < -0.3 is 4.90 Å². The van der Waals surface area contributed by atoms with Crippen LogP contribution in [-0.2, 0) is 11.3 Å². The van der Waals surface area contributed by atoms with Crippen molar-refractivity contribution in [1.82, 2.24) is 4.90 Å². The summed E-state index contributed by atoms with van der Waals surface area (Å²) in [5.74, 6) is 0.407. The Kier molecular flexibility index (Phi) is 4.17. The summed E-state index contributed by atoms with van der Waals surface area (Å²) >= 11 is 3.45. The molecule has 24 heavy (non-hydrogen) atoms. The first-order valence-corrected chi connectivity index (χ1v) is 9.21. The van der Waals surface area contributed by atoms with E-state index < -0.39 is 0 Å². The fraction of sp³-hybridized carbons (Fsp3) is 0.350. The molecule has 2 aromatic carbocycles. The van der Waals surface area contributed by atoms with Crippen molar-refractivity contribution in [3.05, 3.63) is 69.9 Å². The van der Waals surface area contributed by atoms with E-state index in [9.17, 15) is 9.18 Å². The molecule has 0 spiro atoms. The number of halogens is 2. The molecule has 2 fully saturated rings. The maximum atomic E-state index is 13.4. The summed E-state index contributed by atoms with van der Waals surface area (Å²) < 4.78 is 14.5. The second kappa shape index (κ2) is 6.32. The van der Waals surface area contributed by atoms with Crippen molar-refractivity contribution in [3.63, 3.8) is 0 Å². The monoisotopic (exact) mass is 387 g/mol. The molecule has 2 aromatic rings. The first kappa shape index (κ1) is 15.8. The van der Waals surface area contributed by atoms with Gasteiger partial charge in [-0.15, -0.1) is 0 Å². The maximum Gasteiger partial charge on any atom is 0.226 e. The molecular weight excluding hydrogens is 369 g/mol. The third-order valence-electron chi connectivity index (χ3n) is 4.92. The van der Waals surface area contributed by atoms with E-state index in [1.54, 1.807) is 6.07 Å². The minimum absolute atomic E-state index is 0.0836. The molecule has 0 N–H and O–H groups in total. The first-order chi connectivity index (χ1) is 11.6. The molecule has 1 amide bonds. The van der Waals surface area contributed by atoms with Crippen LogP contribution in [-0.4, -0.2) is 16.8 Å². The van der Waals surface area contributed by atoms with Crippen LogP contribution in [0.2, 0.25) is 0 Å². The zero-order valence-electron chi connectivity index (χ0n) is 13.3. The Bertz CT molecular complexity index is 756. The normalized spacial score (nSPS) is 22.2. The van der Waals surface area contributed by atoms with Crippen LogP contribution in [0.1, 0.15) is 36.3 Å². The summed E-state index contributed by atoms with van der Waals surface area (Å²) in [5.41, 5.74) is 2.11. The molecule has 2 aliphatic carbocycles. The molecule has 0 aromatic heterocycles. The molecule has 0 aliphatic heterocycles. The van der Waals surface area contributed by atoms with E-state index in [2.05, 4.69) is 28.1 Å². The van der Waals surface area contributed by atoms with Gasteiger partial charge >= 0.3 is 0 Å². The zero-order chi connectivity index (χ0) is 16.7. The number of carbonyl (C=O) groups excluding carboxylic acids is 1. The summed E-state index contributed by atoms with van der Waals surface area (Å²) in [4.78, 5) is 14.9. The molecule has 0 radical (unpaired) electrons. The van der Waals surface area contributed by atoms with Crippen LogP contribution in [0.3, 0.4) is 0 Å². The number of rotatable bonds is 5. The van der Waals surface area contributed by atoms with Crippen molar-refractivity contribution in [2.45, 2.75) is 37.8 Å². The Hall–Kier alpha value is -1.68. The molecule has 0 bridgehead atoms. The number of hydrogen-bond acceptors (Lipinski definition) is 1. The second-order valence-electron chi connectivity index (χ2n) is 6.83. The molecule has 2 nitrogen and oxygen atoms in total. The number of nitrogens with zero attached hydrogens (tertiary/aromatic N) is 1. The molecule has 2 atom stereocenters. The lowest BCUT2D eigenvalue weighted by atomic mass is 10.1. The third kappa shape index (κ3) is 3.39. The smallest absolute Gasteiger partial charge is 0.226 e. The molecule has 2 unspecified atom stereocenters. The fourth-order valence-corrected chi connectivity index (χ4v) is 3.63. The van der Waals surface area contributed by atoms with Gasteiger partial charge in [-0.05, 0) is 60.6 Å². The van der Waals surface area contributed by atoms with Crippen LogP contribution < -0.4 is 0 Å². The lowest BCUT2D eigenvalue weighted by molar-refractivity contribution is -0.133. The molecular formula is C20H19BrFNO. The Balaban J connectivity index is 1.46. The van der Waals surface area contributed by atoms with E-state index >= 15 is 0 Å². The largest absolute Gasteiger partial charge is 0.335 e. The molecule has 4 heteroatoms. The van der Waals surface area contributed by atoms with Crippen LogP contribution in [0.25, 0.3) is 0 Å². The Morgan fingerprint density at radius 1 is 1.17 bits per heavy atom. The van der Waals surface area contributed by atoms with E-state index in [0.29, 0.717) is 18.5 Å². The van der Waals surface area contributed by atoms with E-state index in [-0.39, 0.29) is 17.6 Å². The molecule has 4 rings (SSSR count). The van der Waals surface area contributed by atoms with E-state index in [1.165, 1.54) is 17.7 Å². The summed E-state index contributed by atoms with van der Waals surface area (Å²) in [6.45, 7) is 0.519. The van der Waals surface area contributed by atoms with Gasteiger partial charge in [0.05, 0.1) is 0 Å². The number of carbonyl (C=O) groups is 1. The SMILES string of the molecule is O=C(C1CC1c1ccc(Br)cc1)N(Cc1cccc(F)c1)C1CC1. The lowest BCUT2D eigenvalue weighted by Crippen LogP contribution is -2.34. The molecule has 124 valence electrons. The van der Waals surface area contributed by atoms with Crippen LogP contribution in [0.15, 0.2) is 53.0 Å². The van der Waals surface area contributed by atoms with Crippen LogP contribution in [0, 0.1) is 11.7 Å². The number of hydrogen-bond donors (Lipinski definition) is 0. The minimum Gasteiger partial charge on any atom is -0.335 e.